The van der Waals surface area contributed by atoms with Gasteiger partial charge in [-0.25, -0.2) is 0 Å². The molecule has 1 atom stereocenters. The predicted octanol–water partition coefficient (Wildman–Crippen LogP) is 3.05. The van der Waals surface area contributed by atoms with E-state index in [0.29, 0.717) is 31.0 Å². The predicted molar refractivity (Wildman–Crippen MR) is 125 cm³/mol. The zero-order valence-corrected chi connectivity index (χ0v) is 18.8. The van der Waals surface area contributed by atoms with Gasteiger partial charge in [-0.05, 0) is 34.9 Å². The molecule has 7 nitrogen and oxygen atoms in total. The first-order chi connectivity index (χ1) is 16.1. The second-order valence-corrected chi connectivity index (χ2v) is 7.95. The normalized spacial score (nSPS) is 15.9. The number of ether oxygens (including phenoxy) is 2. The van der Waals surface area contributed by atoms with Crippen LogP contribution in [0.3, 0.4) is 0 Å². The van der Waals surface area contributed by atoms with E-state index >= 15 is 0 Å². The van der Waals surface area contributed by atoms with Crippen molar-refractivity contribution in [3.8, 4) is 22.6 Å². The molecule has 2 aromatic carbocycles. The number of amides is 2. The first-order valence-electron chi connectivity index (χ1n) is 10.9. The van der Waals surface area contributed by atoms with Gasteiger partial charge in [-0.2, -0.15) is 0 Å². The fourth-order valence-electron chi connectivity index (χ4n) is 3.96. The summed E-state index contributed by atoms with van der Waals surface area (Å²) in [5, 5.41) is 0. The lowest BCUT2D eigenvalue weighted by molar-refractivity contribution is -0.151. The number of rotatable bonds is 7. The maximum atomic E-state index is 13.0. The molecule has 1 saturated heterocycles. The molecule has 0 spiro atoms. The van der Waals surface area contributed by atoms with Crippen molar-refractivity contribution in [1.82, 2.24) is 14.8 Å². The Kier molecular flexibility index (Phi) is 6.88. The van der Waals surface area contributed by atoms with Crippen LogP contribution in [0.5, 0.6) is 11.5 Å². The highest BCUT2D eigenvalue weighted by atomic mass is 16.5. The van der Waals surface area contributed by atoms with Crippen LogP contribution >= 0.6 is 0 Å². The molecule has 1 fully saturated rings. The summed E-state index contributed by atoms with van der Waals surface area (Å²) in [5.74, 6) is 0.768. The van der Waals surface area contributed by atoms with Gasteiger partial charge in [0.25, 0.3) is 5.91 Å². The number of nitrogens with zero attached hydrogens (tertiary/aromatic N) is 3. The Labute approximate surface area is 193 Å². The van der Waals surface area contributed by atoms with Gasteiger partial charge >= 0.3 is 0 Å². The topological polar surface area (TPSA) is 72.0 Å². The lowest BCUT2D eigenvalue weighted by atomic mass is 9.99. The highest BCUT2D eigenvalue weighted by Crippen LogP contribution is 2.26. The second kappa shape index (κ2) is 10.2. The van der Waals surface area contributed by atoms with Crippen LogP contribution in [0.15, 0.2) is 73.1 Å². The summed E-state index contributed by atoms with van der Waals surface area (Å²) in [6.45, 7) is 0.804. The van der Waals surface area contributed by atoms with Gasteiger partial charge in [0.1, 0.15) is 6.04 Å². The Hall–Kier alpha value is -3.87. The van der Waals surface area contributed by atoms with E-state index in [1.165, 1.54) is 0 Å². The highest BCUT2D eigenvalue weighted by molar-refractivity contribution is 5.89. The first-order valence-corrected chi connectivity index (χ1v) is 10.9. The van der Waals surface area contributed by atoms with E-state index in [9.17, 15) is 9.59 Å². The third-order valence-electron chi connectivity index (χ3n) is 5.83. The quantitative estimate of drug-likeness (QED) is 0.559. The minimum Gasteiger partial charge on any atom is -0.493 e. The van der Waals surface area contributed by atoms with Gasteiger partial charge in [0.05, 0.1) is 7.11 Å². The molecule has 7 heteroatoms. The van der Waals surface area contributed by atoms with E-state index in [1.807, 2.05) is 54.7 Å². The molecule has 4 rings (SSSR count). The number of hydrogen-bond acceptors (Lipinski definition) is 5. The van der Waals surface area contributed by atoms with Crippen LogP contribution in [0.4, 0.5) is 0 Å². The van der Waals surface area contributed by atoms with Crippen molar-refractivity contribution < 1.29 is 19.1 Å². The van der Waals surface area contributed by atoms with Gasteiger partial charge in [-0.1, -0.05) is 42.5 Å². The van der Waals surface area contributed by atoms with Crippen LogP contribution in [0, 0.1) is 0 Å². The molecule has 0 unspecified atom stereocenters. The number of likely N-dealkylation sites (N-methyl/N-ethyl adjacent to an activating group) is 1. The minimum absolute atomic E-state index is 0.0665. The van der Waals surface area contributed by atoms with E-state index in [4.69, 9.17) is 9.47 Å². The summed E-state index contributed by atoms with van der Waals surface area (Å²) in [5.41, 5.74) is 3.07. The van der Waals surface area contributed by atoms with Crippen LogP contribution < -0.4 is 9.47 Å². The standard InChI is InChI=1S/C26H27N3O4/c1-28-14-15-29(25(30)18-33-24-8-4-3-7-23(24)32-2)22(26(28)31)16-19-9-11-20(12-10-19)21-6-5-13-27-17-21/h3-13,17,22H,14-16,18H2,1-2H3/t22-/m1/s1. The Bertz CT molecular complexity index is 1100. The molecular formula is C26H27N3O4. The Morgan fingerprint density at radius 3 is 2.45 bits per heavy atom. The first kappa shape index (κ1) is 22.3. The SMILES string of the molecule is COc1ccccc1OCC(=O)N1CCN(C)C(=O)[C@H]1Cc1ccc(-c2cccnc2)cc1. The number of carbonyl (C=O) groups is 2. The molecule has 1 aliphatic heterocycles. The van der Waals surface area contributed by atoms with Gasteiger partial charge < -0.3 is 19.3 Å². The van der Waals surface area contributed by atoms with Crippen LogP contribution in [-0.2, 0) is 16.0 Å². The van der Waals surface area contributed by atoms with Crippen LogP contribution in [0.2, 0.25) is 0 Å². The van der Waals surface area contributed by atoms with Crippen LogP contribution in [-0.4, -0.2) is 66.5 Å². The molecule has 2 heterocycles. The van der Waals surface area contributed by atoms with Crippen molar-refractivity contribution in [1.29, 1.82) is 0 Å². The molecule has 0 radical (unpaired) electrons. The third-order valence-corrected chi connectivity index (χ3v) is 5.83. The van der Waals surface area contributed by atoms with E-state index in [-0.39, 0.29) is 18.4 Å². The molecule has 170 valence electrons. The number of carbonyl (C=O) groups excluding carboxylic acids is 2. The summed E-state index contributed by atoms with van der Waals surface area (Å²) >= 11 is 0. The lowest BCUT2D eigenvalue weighted by Crippen LogP contribution is -2.59. The van der Waals surface area contributed by atoms with Crippen molar-refractivity contribution in [3.63, 3.8) is 0 Å². The molecular weight excluding hydrogens is 418 g/mol. The number of methoxy groups -OCH3 is 1. The maximum absolute atomic E-state index is 13.0. The molecule has 0 saturated carbocycles. The van der Waals surface area contributed by atoms with E-state index in [2.05, 4.69) is 4.98 Å². The molecule has 0 bridgehead atoms. The average Bonchev–Trinajstić information content (AvgIpc) is 2.86. The molecule has 33 heavy (non-hydrogen) atoms. The fraction of sp³-hybridized carbons (Fsp3) is 0.269. The van der Waals surface area contributed by atoms with Crippen molar-refractivity contribution in [2.45, 2.75) is 12.5 Å². The molecule has 0 N–H and O–H groups in total. The Morgan fingerprint density at radius 2 is 1.76 bits per heavy atom. The number of pyridine rings is 1. The second-order valence-electron chi connectivity index (χ2n) is 7.95. The molecule has 1 aromatic heterocycles. The van der Waals surface area contributed by atoms with Gasteiger partial charge in [-0.3, -0.25) is 14.6 Å². The van der Waals surface area contributed by atoms with Gasteiger partial charge in [0.2, 0.25) is 5.91 Å². The Morgan fingerprint density at radius 1 is 1.00 bits per heavy atom. The smallest absolute Gasteiger partial charge is 0.261 e. The molecule has 1 aliphatic rings. The average molecular weight is 446 g/mol. The van der Waals surface area contributed by atoms with Crippen molar-refractivity contribution in [2.24, 2.45) is 0 Å². The van der Waals surface area contributed by atoms with E-state index < -0.39 is 6.04 Å². The van der Waals surface area contributed by atoms with E-state index in [1.54, 1.807) is 42.3 Å². The summed E-state index contributed by atoms with van der Waals surface area (Å²) in [4.78, 5) is 33.5. The Balaban J connectivity index is 1.47. The van der Waals surface area contributed by atoms with Gasteiger partial charge in [0.15, 0.2) is 18.1 Å². The largest absolute Gasteiger partial charge is 0.493 e. The van der Waals surface area contributed by atoms with Crippen molar-refractivity contribution in [2.75, 3.05) is 33.9 Å². The lowest BCUT2D eigenvalue weighted by Gasteiger charge is -2.39. The molecule has 2 amide bonds. The van der Waals surface area contributed by atoms with E-state index in [0.717, 1.165) is 16.7 Å². The van der Waals surface area contributed by atoms with Crippen molar-refractivity contribution >= 4 is 11.8 Å². The summed E-state index contributed by atoms with van der Waals surface area (Å²) in [6, 6.07) is 18.5. The van der Waals surface area contributed by atoms with Crippen LogP contribution in [0.1, 0.15) is 5.56 Å². The molecule has 3 aromatic rings. The number of benzene rings is 2. The van der Waals surface area contributed by atoms with Crippen molar-refractivity contribution in [3.05, 3.63) is 78.6 Å². The zero-order valence-electron chi connectivity index (χ0n) is 18.8. The summed E-state index contributed by atoms with van der Waals surface area (Å²) in [6.07, 6.45) is 4.00. The zero-order chi connectivity index (χ0) is 23.2. The fourth-order valence-corrected chi connectivity index (χ4v) is 3.96. The number of aromatic nitrogens is 1. The monoisotopic (exact) mass is 445 g/mol. The number of piperazine rings is 1. The summed E-state index contributed by atoms with van der Waals surface area (Å²) in [7, 11) is 3.33. The molecule has 0 aliphatic carbocycles. The van der Waals surface area contributed by atoms with Gasteiger partial charge in [0, 0.05) is 39.0 Å². The third kappa shape index (κ3) is 5.14. The number of hydrogen-bond donors (Lipinski definition) is 0. The number of para-hydroxylation sites is 2. The van der Waals surface area contributed by atoms with Crippen LogP contribution in [0.25, 0.3) is 11.1 Å². The summed E-state index contributed by atoms with van der Waals surface area (Å²) < 4.78 is 11.0. The van der Waals surface area contributed by atoms with Gasteiger partial charge in [-0.15, -0.1) is 0 Å². The minimum atomic E-state index is -0.568. The highest BCUT2D eigenvalue weighted by Gasteiger charge is 2.36. The maximum Gasteiger partial charge on any atom is 0.261 e.